The lowest BCUT2D eigenvalue weighted by molar-refractivity contribution is 0.331. The number of nitrogens with zero attached hydrogens (tertiary/aromatic N) is 2. The standard InChI is InChI=1S/C71H77BN2/c1-45(2)47-39-63-66-64(40-47)74(60-35-31-50(68(6,7)8)41-55(60)54-28-22-21-27-53(54)46-23-17-15-18-24-46)62-44-59-58(69(9,10)37-38-70(59,11)12)43-57(62)65(72-66)56-42-51(71(13,14)49-25-19-16-20-26-49)32-36-61(56)73(63)52-33-29-48(30-34-52)67(3,4)5/h15-36,39-45,65,72H,37-38H2,1-14H3. The second-order valence-corrected chi connectivity index (χ2v) is 26.3. The zero-order chi connectivity index (χ0) is 52.3. The molecule has 2 aliphatic heterocycles. The normalized spacial score (nSPS) is 16.7. The fraction of sp³-hybridized carbons (Fsp3) is 0.324. The van der Waals surface area contributed by atoms with Crippen molar-refractivity contribution in [3.63, 3.8) is 0 Å². The van der Waals surface area contributed by atoms with E-state index in [1.54, 1.807) is 0 Å². The Hall–Kier alpha value is -6.58. The van der Waals surface area contributed by atoms with Gasteiger partial charge in [0, 0.05) is 39.4 Å². The molecule has 3 heteroatoms. The molecule has 2 heterocycles. The van der Waals surface area contributed by atoms with Crippen molar-refractivity contribution in [3.05, 3.63) is 220 Å². The Balaban J connectivity index is 1.30. The molecule has 0 saturated heterocycles. The van der Waals surface area contributed by atoms with Crippen molar-refractivity contribution in [1.82, 2.24) is 0 Å². The third-order valence-corrected chi connectivity index (χ3v) is 17.7. The molecule has 0 aromatic heterocycles. The van der Waals surface area contributed by atoms with E-state index >= 15 is 0 Å². The van der Waals surface area contributed by atoms with Crippen LogP contribution in [0.1, 0.15) is 172 Å². The molecule has 74 heavy (non-hydrogen) atoms. The summed E-state index contributed by atoms with van der Waals surface area (Å²) in [4.78, 5) is 5.40. The summed E-state index contributed by atoms with van der Waals surface area (Å²) in [5, 5.41) is 0. The van der Waals surface area contributed by atoms with E-state index in [0.717, 1.165) is 20.1 Å². The molecule has 1 aliphatic carbocycles. The molecule has 2 nitrogen and oxygen atoms in total. The molecule has 0 saturated carbocycles. The van der Waals surface area contributed by atoms with Crippen LogP contribution < -0.4 is 15.3 Å². The van der Waals surface area contributed by atoms with Crippen molar-refractivity contribution in [2.75, 3.05) is 9.80 Å². The van der Waals surface area contributed by atoms with E-state index in [1.807, 2.05) is 0 Å². The summed E-state index contributed by atoms with van der Waals surface area (Å²) in [5.74, 6) is 0.335. The molecule has 1 atom stereocenters. The van der Waals surface area contributed by atoms with E-state index in [0.29, 0.717) is 0 Å². The first-order valence-corrected chi connectivity index (χ1v) is 27.6. The minimum absolute atomic E-state index is 0.00216. The van der Waals surface area contributed by atoms with Crippen molar-refractivity contribution in [3.8, 4) is 22.3 Å². The van der Waals surface area contributed by atoms with Crippen LogP contribution in [0.4, 0.5) is 34.1 Å². The maximum Gasteiger partial charge on any atom is 0.176 e. The highest BCUT2D eigenvalue weighted by Crippen LogP contribution is 2.57. The van der Waals surface area contributed by atoms with Crippen LogP contribution in [0.3, 0.4) is 0 Å². The third-order valence-electron chi connectivity index (χ3n) is 17.7. The fourth-order valence-corrected chi connectivity index (χ4v) is 12.6. The summed E-state index contributed by atoms with van der Waals surface area (Å²) >= 11 is 0. The van der Waals surface area contributed by atoms with Gasteiger partial charge in [0.2, 0.25) is 0 Å². The van der Waals surface area contributed by atoms with Crippen LogP contribution in [0.15, 0.2) is 170 Å². The molecule has 3 aliphatic rings. The van der Waals surface area contributed by atoms with E-state index in [-0.39, 0.29) is 38.8 Å². The van der Waals surface area contributed by atoms with Gasteiger partial charge < -0.3 is 9.80 Å². The van der Waals surface area contributed by atoms with Crippen LogP contribution in [0.2, 0.25) is 0 Å². The molecule has 0 radical (unpaired) electrons. The lowest BCUT2D eigenvalue weighted by Gasteiger charge is -2.44. The van der Waals surface area contributed by atoms with Crippen LogP contribution in [0.25, 0.3) is 22.3 Å². The zero-order valence-corrected chi connectivity index (χ0v) is 46.8. The largest absolute Gasteiger partial charge is 0.311 e. The maximum atomic E-state index is 2.76. The van der Waals surface area contributed by atoms with Crippen molar-refractivity contribution >= 4 is 46.9 Å². The third kappa shape index (κ3) is 8.44. The first-order chi connectivity index (χ1) is 35.0. The Kier molecular flexibility index (Phi) is 11.9. The number of benzene rings is 8. The molecular weight excluding hydrogens is 892 g/mol. The molecule has 374 valence electrons. The summed E-state index contributed by atoms with van der Waals surface area (Å²) in [7, 11) is 0.865. The van der Waals surface area contributed by atoms with Crippen LogP contribution in [0.5, 0.6) is 0 Å². The Morgan fingerprint density at radius 3 is 1.59 bits per heavy atom. The van der Waals surface area contributed by atoms with Gasteiger partial charge in [0.25, 0.3) is 0 Å². The molecule has 8 aromatic rings. The molecule has 1 unspecified atom stereocenters. The highest BCUT2D eigenvalue weighted by molar-refractivity contribution is 6.61. The highest BCUT2D eigenvalue weighted by atomic mass is 15.2. The van der Waals surface area contributed by atoms with Gasteiger partial charge in [0.15, 0.2) is 7.28 Å². The lowest BCUT2D eigenvalue weighted by atomic mass is 9.53. The summed E-state index contributed by atoms with van der Waals surface area (Å²) in [6.07, 6.45) is 2.30. The summed E-state index contributed by atoms with van der Waals surface area (Å²) in [5.41, 5.74) is 26.0. The van der Waals surface area contributed by atoms with Gasteiger partial charge in [-0.05, 0) is 167 Å². The van der Waals surface area contributed by atoms with E-state index in [9.17, 15) is 0 Å². The van der Waals surface area contributed by atoms with Gasteiger partial charge in [-0.3, -0.25) is 0 Å². The molecular formula is C71H77BN2. The number of fused-ring (bicyclic) bond motifs is 6. The summed E-state index contributed by atoms with van der Waals surface area (Å²) in [6, 6.07) is 66.3. The molecule has 2 bridgehead atoms. The Morgan fingerprint density at radius 1 is 0.446 bits per heavy atom. The van der Waals surface area contributed by atoms with Gasteiger partial charge in [0.05, 0.1) is 5.69 Å². The van der Waals surface area contributed by atoms with E-state index in [1.165, 1.54) is 112 Å². The molecule has 0 N–H and O–H groups in total. The number of hydrogen-bond acceptors (Lipinski definition) is 2. The Labute approximate surface area is 445 Å². The monoisotopic (exact) mass is 969 g/mol. The minimum atomic E-state index is -0.234. The Bertz CT molecular complexity index is 3430. The topological polar surface area (TPSA) is 6.48 Å². The predicted molar refractivity (Wildman–Crippen MR) is 321 cm³/mol. The fourth-order valence-electron chi connectivity index (χ4n) is 12.6. The van der Waals surface area contributed by atoms with E-state index < -0.39 is 0 Å². The number of anilines is 6. The van der Waals surface area contributed by atoms with E-state index in [4.69, 9.17) is 0 Å². The molecule has 8 aromatic carbocycles. The SMILES string of the molecule is CC(C)c1cc2c3c(c1)N(c1ccc(C(C)(C)C)cc1-c1ccccc1-c1ccccc1)c1cc4c(cc1C(B3)c1cc(C(C)(C)c3ccccc3)ccc1N2c1ccc(C(C)(C)C)cc1)C(C)(C)CCC4(C)C. The quantitative estimate of drug-likeness (QED) is 0.147. The second-order valence-electron chi connectivity index (χ2n) is 26.3. The number of hydrogen-bond donors (Lipinski definition) is 0. The van der Waals surface area contributed by atoms with Crippen LogP contribution in [-0.4, -0.2) is 7.28 Å². The van der Waals surface area contributed by atoms with Crippen molar-refractivity contribution in [1.29, 1.82) is 0 Å². The average molecular weight is 969 g/mol. The van der Waals surface area contributed by atoms with Gasteiger partial charge in [-0.1, -0.05) is 218 Å². The zero-order valence-electron chi connectivity index (χ0n) is 46.8. The van der Waals surface area contributed by atoms with Gasteiger partial charge in [0.1, 0.15) is 0 Å². The molecule has 11 rings (SSSR count). The molecule has 0 spiro atoms. The highest BCUT2D eigenvalue weighted by Gasteiger charge is 2.44. The minimum Gasteiger partial charge on any atom is -0.311 e. The van der Waals surface area contributed by atoms with Gasteiger partial charge >= 0.3 is 0 Å². The van der Waals surface area contributed by atoms with Crippen molar-refractivity contribution in [2.24, 2.45) is 0 Å². The van der Waals surface area contributed by atoms with Gasteiger partial charge in [-0.2, -0.15) is 0 Å². The maximum absolute atomic E-state index is 2.76. The molecule has 0 fully saturated rings. The first kappa shape index (κ1) is 49.6. The number of rotatable bonds is 7. The molecule has 0 amide bonds. The van der Waals surface area contributed by atoms with Gasteiger partial charge in [-0.15, -0.1) is 0 Å². The summed E-state index contributed by atoms with van der Waals surface area (Å²) in [6.45, 7) is 33.6. The van der Waals surface area contributed by atoms with Crippen LogP contribution in [0, 0.1) is 0 Å². The first-order valence-electron chi connectivity index (χ1n) is 27.6. The Morgan fingerprint density at radius 2 is 0.973 bits per heavy atom. The lowest BCUT2D eigenvalue weighted by Crippen LogP contribution is -2.34. The van der Waals surface area contributed by atoms with Gasteiger partial charge in [-0.25, -0.2) is 0 Å². The van der Waals surface area contributed by atoms with Crippen LogP contribution in [-0.2, 0) is 27.1 Å². The van der Waals surface area contributed by atoms with Crippen molar-refractivity contribution < 1.29 is 0 Å². The average Bonchev–Trinajstić information content (AvgIpc) is 3.63. The predicted octanol–water partition coefficient (Wildman–Crippen LogP) is 18.8. The second kappa shape index (κ2) is 17.8. The van der Waals surface area contributed by atoms with E-state index in [2.05, 4.69) is 277 Å². The smallest absolute Gasteiger partial charge is 0.176 e. The van der Waals surface area contributed by atoms with Crippen LogP contribution >= 0.6 is 0 Å². The summed E-state index contributed by atoms with van der Waals surface area (Å²) < 4.78 is 0. The van der Waals surface area contributed by atoms with Crippen molar-refractivity contribution in [2.45, 2.75) is 149 Å².